The van der Waals surface area contributed by atoms with Crippen molar-refractivity contribution in [2.24, 2.45) is 0 Å². The largest absolute Gasteiger partial charge is 0.454 e. The van der Waals surface area contributed by atoms with Gasteiger partial charge in [-0.3, -0.25) is 0 Å². The van der Waals surface area contributed by atoms with Crippen molar-refractivity contribution in [3.8, 4) is 22.1 Å². The molecule has 3 aromatic rings. The van der Waals surface area contributed by atoms with Crippen molar-refractivity contribution >= 4 is 23.0 Å². The van der Waals surface area contributed by atoms with Crippen LogP contribution in [0.4, 0.5) is 11.6 Å². The van der Waals surface area contributed by atoms with Crippen LogP contribution in [-0.2, 0) is 0 Å². The minimum absolute atomic E-state index is 0.263. The molecule has 3 heterocycles. The number of benzene rings is 1. The first-order valence-corrected chi connectivity index (χ1v) is 9.05. The Bertz CT molecular complexity index is 952. The number of ether oxygens (including phenoxy) is 2. The van der Waals surface area contributed by atoms with Gasteiger partial charge in [0.05, 0.1) is 21.3 Å². The first-order chi connectivity index (χ1) is 12.3. The van der Waals surface area contributed by atoms with E-state index in [1.165, 1.54) is 17.8 Å². The lowest BCUT2D eigenvalue weighted by Gasteiger charge is -2.07. The number of nitrogens with zero attached hydrogens (tertiary/aromatic N) is 3. The number of aryl methyl sites for hydroxylation is 1. The first kappa shape index (κ1) is 14.7. The average molecular weight is 352 g/mol. The smallest absolute Gasteiger partial charge is 0.231 e. The van der Waals surface area contributed by atoms with Crippen LogP contribution < -0.4 is 14.8 Å². The molecule has 0 atom stereocenters. The summed E-state index contributed by atoms with van der Waals surface area (Å²) in [7, 11) is 0. The van der Waals surface area contributed by atoms with Crippen LogP contribution in [-0.4, -0.2) is 21.7 Å². The summed E-state index contributed by atoms with van der Waals surface area (Å²) in [6.45, 7) is 2.31. The quantitative estimate of drug-likeness (QED) is 0.757. The van der Waals surface area contributed by atoms with Gasteiger partial charge in [-0.15, -0.1) is 11.3 Å². The number of thiazole rings is 1. The van der Waals surface area contributed by atoms with E-state index >= 15 is 0 Å². The van der Waals surface area contributed by atoms with E-state index in [4.69, 9.17) is 14.5 Å². The van der Waals surface area contributed by atoms with E-state index in [0.717, 1.165) is 33.5 Å². The van der Waals surface area contributed by atoms with Crippen LogP contribution in [0.15, 0.2) is 30.5 Å². The molecule has 1 aliphatic heterocycles. The van der Waals surface area contributed by atoms with Crippen LogP contribution in [0.1, 0.15) is 29.5 Å². The van der Waals surface area contributed by atoms with Gasteiger partial charge in [0, 0.05) is 23.9 Å². The molecule has 0 bridgehead atoms. The first-order valence-electron chi connectivity index (χ1n) is 8.24. The van der Waals surface area contributed by atoms with Gasteiger partial charge in [0.2, 0.25) is 12.7 Å². The van der Waals surface area contributed by atoms with Gasteiger partial charge in [0.15, 0.2) is 11.5 Å². The number of hydrogen-bond donors (Lipinski definition) is 1. The molecule has 0 radical (unpaired) electrons. The van der Waals surface area contributed by atoms with Crippen molar-refractivity contribution < 1.29 is 9.47 Å². The second-order valence-electron chi connectivity index (χ2n) is 6.20. The van der Waals surface area contributed by atoms with Gasteiger partial charge in [0.1, 0.15) is 0 Å². The minimum Gasteiger partial charge on any atom is -0.454 e. The summed E-state index contributed by atoms with van der Waals surface area (Å²) >= 11 is 1.75. The molecule has 2 aromatic heterocycles. The zero-order valence-corrected chi connectivity index (χ0v) is 14.5. The molecule has 5 rings (SSSR count). The monoisotopic (exact) mass is 352 g/mol. The lowest BCUT2D eigenvalue weighted by atomic mass is 10.3. The Morgan fingerprint density at radius 1 is 1.12 bits per heavy atom. The van der Waals surface area contributed by atoms with Gasteiger partial charge in [-0.2, -0.15) is 0 Å². The SMILES string of the molecule is Cc1nc(C2CC2)sc1-c1ccnc(Nc2ccc3c(c2)OCO3)n1. The predicted octanol–water partition coefficient (Wildman–Crippen LogP) is 4.26. The fourth-order valence-corrected chi connectivity index (χ4v) is 4.01. The molecule has 1 fully saturated rings. The zero-order chi connectivity index (χ0) is 16.8. The fourth-order valence-electron chi connectivity index (χ4n) is 2.81. The summed E-state index contributed by atoms with van der Waals surface area (Å²) in [6, 6.07) is 7.62. The number of nitrogens with one attached hydrogen (secondary N) is 1. The summed E-state index contributed by atoms with van der Waals surface area (Å²) in [6.07, 6.45) is 4.29. The Labute approximate surface area is 148 Å². The van der Waals surface area contributed by atoms with Gasteiger partial charge in [-0.05, 0) is 38.0 Å². The molecule has 0 amide bonds. The topological polar surface area (TPSA) is 69.2 Å². The highest BCUT2D eigenvalue weighted by molar-refractivity contribution is 7.15. The molecule has 0 unspecified atom stereocenters. The van der Waals surface area contributed by atoms with Gasteiger partial charge in [0.25, 0.3) is 0 Å². The number of rotatable bonds is 4. The molecule has 1 N–H and O–H groups in total. The Balaban J connectivity index is 1.43. The summed E-state index contributed by atoms with van der Waals surface area (Å²) in [5, 5.41) is 4.46. The second-order valence-corrected chi connectivity index (χ2v) is 7.23. The molecule has 0 spiro atoms. The third-order valence-electron chi connectivity index (χ3n) is 4.26. The van der Waals surface area contributed by atoms with Crippen LogP contribution in [0.25, 0.3) is 10.6 Å². The fraction of sp³-hybridized carbons (Fsp3) is 0.278. The molecule has 2 aliphatic rings. The van der Waals surface area contributed by atoms with Gasteiger partial charge in [-0.1, -0.05) is 0 Å². The van der Waals surface area contributed by atoms with Crippen molar-refractivity contribution in [3.63, 3.8) is 0 Å². The van der Waals surface area contributed by atoms with Crippen molar-refractivity contribution in [1.82, 2.24) is 15.0 Å². The normalized spacial score (nSPS) is 15.4. The highest BCUT2D eigenvalue weighted by Crippen LogP contribution is 2.44. The van der Waals surface area contributed by atoms with Crippen LogP contribution >= 0.6 is 11.3 Å². The third kappa shape index (κ3) is 2.80. The summed E-state index contributed by atoms with van der Waals surface area (Å²) in [5.74, 6) is 2.70. The van der Waals surface area contributed by atoms with Crippen molar-refractivity contribution in [2.75, 3.05) is 12.1 Å². The van der Waals surface area contributed by atoms with Crippen molar-refractivity contribution in [3.05, 3.63) is 41.2 Å². The third-order valence-corrected chi connectivity index (χ3v) is 5.60. The number of fused-ring (bicyclic) bond motifs is 1. The highest BCUT2D eigenvalue weighted by atomic mass is 32.1. The lowest BCUT2D eigenvalue weighted by Crippen LogP contribution is -1.97. The molecule has 7 heteroatoms. The summed E-state index contributed by atoms with van der Waals surface area (Å²) < 4.78 is 10.7. The van der Waals surface area contributed by atoms with E-state index in [1.54, 1.807) is 17.5 Å². The molecule has 126 valence electrons. The maximum atomic E-state index is 5.41. The second kappa shape index (κ2) is 5.70. The Kier molecular flexibility index (Phi) is 3.34. The standard InChI is InChI=1S/C18H16N4O2S/c1-10-16(25-17(20-10)11-2-3-11)13-6-7-19-18(22-13)21-12-4-5-14-15(8-12)24-9-23-14/h4-8,11H,2-3,9H2,1H3,(H,19,21,22). The van der Waals surface area contributed by atoms with Crippen LogP contribution in [0, 0.1) is 6.92 Å². The minimum atomic E-state index is 0.263. The molecule has 25 heavy (non-hydrogen) atoms. The van der Waals surface area contributed by atoms with Crippen LogP contribution in [0.5, 0.6) is 11.5 Å². The molecule has 1 aliphatic carbocycles. The maximum Gasteiger partial charge on any atom is 0.231 e. The molecule has 0 saturated heterocycles. The van der Waals surface area contributed by atoms with E-state index in [1.807, 2.05) is 31.2 Å². The van der Waals surface area contributed by atoms with Crippen LogP contribution in [0.2, 0.25) is 0 Å². The molecule has 1 saturated carbocycles. The van der Waals surface area contributed by atoms with E-state index in [0.29, 0.717) is 11.9 Å². The van der Waals surface area contributed by atoms with E-state index in [9.17, 15) is 0 Å². The molecule has 6 nitrogen and oxygen atoms in total. The molecular formula is C18H16N4O2S. The van der Waals surface area contributed by atoms with Crippen molar-refractivity contribution in [2.45, 2.75) is 25.7 Å². The van der Waals surface area contributed by atoms with E-state index in [2.05, 4.69) is 15.3 Å². The number of aromatic nitrogens is 3. The zero-order valence-electron chi connectivity index (χ0n) is 13.7. The van der Waals surface area contributed by atoms with Gasteiger partial charge < -0.3 is 14.8 Å². The van der Waals surface area contributed by atoms with Crippen LogP contribution in [0.3, 0.4) is 0 Å². The Morgan fingerprint density at radius 2 is 2.00 bits per heavy atom. The molecular weight excluding hydrogens is 336 g/mol. The summed E-state index contributed by atoms with van der Waals surface area (Å²) in [5.41, 5.74) is 2.81. The Morgan fingerprint density at radius 3 is 2.88 bits per heavy atom. The predicted molar refractivity (Wildman–Crippen MR) is 95.7 cm³/mol. The van der Waals surface area contributed by atoms with E-state index in [-0.39, 0.29) is 6.79 Å². The van der Waals surface area contributed by atoms with E-state index < -0.39 is 0 Å². The van der Waals surface area contributed by atoms with Gasteiger partial charge >= 0.3 is 0 Å². The lowest BCUT2D eigenvalue weighted by molar-refractivity contribution is 0.174. The summed E-state index contributed by atoms with van der Waals surface area (Å²) in [4.78, 5) is 14.8. The average Bonchev–Trinajstić information content (AvgIpc) is 3.24. The Hall–Kier alpha value is -2.67. The van der Waals surface area contributed by atoms with Crippen molar-refractivity contribution in [1.29, 1.82) is 0 Å². The number of anilines is 2. The maximum absolute atomic E-state index is 5.41. The highest BCUT2D eigenvalue weighted by Gasteiger charge is 2.28. The number of hydrogen-bond acceptors (Lipinski definition) is 7. The van der Waals surface area contributed by atoms with Gasteiger partial charge in [-0.25, -0.2) is 15.0 Å². The molecule has 1 aromatic carbocycles.